The minimum absolute atomic E-state index is 0.728. The van der Waals surface area contributed by atoms with E-state index in [-0.39, 0.29) is 0 Å². The summed E-state index contributed by atoms with van der Waals surface area (Å²) < 4.78 is 6.16. The SMILES string of the molecule is CCNc1cc(Nc2cc(Br)cc(OC)c2)ncn1. The van der Waals surface area contributed by atoms with Crippen molar-refractivity contribution in [2.75, 3.05) is 24.3 Å². The van der Waals surface area contributed by atoms with Crippen LogP contribution in [0, 0.1) is 0 Å². The van der Waals surface area contributed by atoms with E-state index >= 15 is 0 Å². The van der Waals surface area contributed by atoms with Crippen molar-refractivity contribution in [3.05, 3.63) is 35.1 Å². The van der Waals surface area contributed by atoms with Gasteiger partial charge < -0.3 is 15.4 Å². The fourth-order valence-electron chi connectivity index (χ4n) is 1.60. The summed E-state index contributed by atoms with van der Waals surface area (Å²) in [6, 6.07) is 7.61. The van der Waals surface area contributed by atoms with Gasteiger partial charge in [-0.3, -0.25) is 0 Å². The van der Waals surface area contributed by atoms with Crippen molar-refractivity contribution in [2.45, 2.75) is 6.92 Å². The molecule has 0 atom stereocenters. The Morgan fingerprint density at radius 3 is 2.68 bits per heavy atom. The maximum Gasteiger partial charge on any atom is 0.135 e. The van der Waals surface area contributed by atoms with E-state index in [1.807, 2.05) is 31.2 Å². The van der Waals surface area contributed by atoms with E-state index in [0.29, 0.717) is 0 Å². The van der Waals surface area contributed by atoms with Crippen molar-refractivity contribution < 1.29 is 4.74 Å². The molecule has 0 bridgehead atoms. The summed E-state index contributed by atoms with van der Waals surface area (Å²) in [5, 5.41) is 6.36. The normalized spacial score (nSPS) is 10.1. The number of methoxy groups -OCH3 is 1. The molecule has 0 saturated heterocycles. The Hall–Kier alpha value is -1.82. The monoisotopic (exact) mass is 322 g/mol. The van der Waals surface area contributed by atoms with Gasteiger partial charge in [-0.25, -0.2) is 9.97 Å². The van der Waals surface area contributed by atoms with Gasteiger partial charge in [0.25, 0.3) is 0 Å². The number of nitrogens with one attached hydrogen (secondary N) is 2. The molecular formula is C13H15BrN4O. The highest BCUT2D eigenvalue weighted by Gasteiger charge is 2.02. The van der Waals surface area contributed by atoms with E-state index < -0.39 is 0 Å². The van der Waals surface area contributed by atoms with Gasteiger partial charge in [0.15, 0.2) is 0 Å². The molecule has 1 heterocycles. The van der Waals surface area contributed by atoms with Crippen molar-refractivity contribution in [3.63, 3.8) is 0 Å². The largest absolute Gasteiger partial charge is 0.497 e. The van der Waals surface area contributed by atoms with Crippen LogP contribution in [-0.2, 0) is 0 Å². The first-order valence-electron chi connectivity index (χ1n) is 5.89. The minimum Gasteiger partial charge on any atom is -0.497 e. The number of nitrogens with zero attached hydrogens (tertiary/aromatic N) is 2. The van der Waals surface area contributed by atoms with Crippen LogP contribution >= 0.6 is 15.9 Å². The zero-order valence-corrected chi connectivity index (χ0v) is 12.4. The predicted octanol–water partition coefficient (Wildman–Crippen LogP) is 3.42. The molecule has 2 aromatic rings. The maximum atomic E-state index is 5.22. The molecule has 0 radical (unpaired) electrons. The second-order valence-electron chi connectivity index (χ2n) is 3.82. The van der Waals surface area contributed by atoms with Gasteiger partial charge in [0, 0.05) is 28.8 Å². The molecule has 19 heavy (non-hydrogen) atoms. The molecule has 0 fully saturated rings. The number of benzene rings is 1. The second kappa shape index (κ2) is 6.38. The van der Waals surface area contributed by atoms with Crippen molar-refractivity contribution in [2.24, 2.45) is 0 Å². The molecule has 100 valence electrons. The third-order valence-corrected chi connectivity index (χ3v) is 2.86. The van der Waals surface area contributed by atoms with Gasteiger partial charge in [-0.05, 0) is 19.1 Å². The third kappa shape index (κ3) is 3.82. The lowest BCUT2D eigenvalue weighted by Crippen LogP contribution is -2.01. The first-order chi connectivity index (χ1) is 9.21. The molecule has 0 aliphatic heterocycles. The lowest BCUT2D eigenvalue weighted by Gasteiger charge is -2.09. The highest BCUT2D eigenvalue weighted by molar-refractivity contribution is 9.10. The Bertz CT molecular complexity index is 562. The number of anilines is 3. The topological polar surface area (TPSA) is 59.1 Å². The Morgan fingerprint density at radius 1 is 1.16 bits per heavy atom. The number of rotatable bonds is 5. The zero-order chi connectivity index (χ0) is 13.7. The van der Waals surface area contributed by atoms with Gasteiger partial charge >= 0.3 is 0 Å². The summed E-state index contributed by atoms with van der Waals surface area (Å²) in [5.41, 5.74) is 0.896. The number of ether oxygens (including phenoxy) is 1. The quantitative estimate of drug-likeness (QED) is 0.883. The van der Waals surface area contributed by atoms with Crippen molar-refractivity contribution >= 4 is 33.3 Å². The van der Waals surface area contributed by atoms with Crippen molar-refractivity contribution in [3.8, 4) is 5.75 Å². The van der Waals surface area contributed by atoms with Crippen LogP contribution in [0.15, 0.2) is 35.1 Å². The fraction of sp³-hybridized carbons (Fsp3) is 0.231. The number of aromatic nitrogens is 2. The lowest BCUT2D eigenvalue weighted by atomic mass is 10.3. The third-order valence-electron chi connectivity index (χ3n) is 2.40. The van der Waals surface area contributed by atoms with Gasteiger partial charge in [-0.1, -0.05) is 15.9 Å². The maximum absolute atomic E-state index is 5.22. The summed E-state index contributed by atoms with van der Waals surface area (Å²) in [6.45, 7) is 2.84. The molecule has 0 amide bonds. The molecule has 0 unspecified atom stereocenters. The van der Waals surface area contributed by atoms with Gasteiger partial charge in [0.05, 0.1) is 7.11 Å². The van der Waals surface area contributed by atoms with Crippen LogP contribution in [-0.4, -0.2) is 23.6 Å². The van der Waals surface area contributed by atoms with E-state index in [4.69, 9.17) is 4.74 Å². The molecule has 6 heteroatoms. The molecule has 1 aromatic carbocycles. The van der Waals surface area contributed by atoms with Crippen LogP contribution in [0.2, 0.25) is 0 Å². The number of hydrogen-bond acceptors (Lipinski definition) is 5. The second-order valence-corrected chi connectivity index (χ2v) is 4.74. The van der Waals surface area contributed by atoms with Crippen LogP contribution in [0.25, 0.3) is 0 Å². The highest BCUT2D eigenvalue weighted by atomic mass is 79.9. The molecule has 0 aliphatic rings. The van der Waals surface area contributed by atoms with Crippen LogP contribution in [0.1, 0.15) is 6.92 Å². The van der Waals surface area contributed by atoms with E-state index in [1.165, 1.54) is 6.33 Å². The van der Waals surface area contributed by atoms with Crippen molar-refractivity contribution in [1.82, 2.24) is 9.97 Å². The van der Waals surface area contributed by atoms with Crippen LogP contribution < -0.4 is 15.4 Å². The van der Waals surface area contributed by atoms with Gasteiger partial charge in [0.1, 0.15) is 23.7 Å². The van der Waals surface area contributed by atoms with Gasteiger partial charge in [-0.2, -0.15) is 0 Å². The van der Waals surface area contributed by atoms with E-state index in [1.54, 1.807) is 7.11 Å². The van der Waals surface area contributed by atoms with Crippen LogP contribution in [0.4, 0.5) is 17.3 Å². The standard InChI is InChI=1S/C13H15BrN4O/c1-3-15-12-7-13(17-8-16-12)18-10-4-9(14)5-11(6-10)19-2/h4-8H,3H2,1-2H3,(H2,15,16,17,18). The Kier molecular flexibility index (Phi) is 4.57. The highest BCUT2D eigenvalue weighted by Crippen LogP contribution is 2.26. The molecule has 1 aromatic heterocycles. The summed E-state index contributed by atoms with van der Waals surface area (Å²) in [4.78, 5) is 8.31. The van der Waals surface area contributed by atoms with Crippen LogP contribution in [0.5, 0.6) is 5.75 Å². The van der Waals surface area contributed by atoms with Gasteiger partial charge in [0.2, 0.25) is 0 Å². The molecule has 2 N–H and O–H groups in total. The Morgan fingerprint density at radius 2 is 1.95 bits per heavy atom. The Balaban J connectivity index is 2.20. The van der Waals surface area contributed by atoms with E-state index in [9.17, 15) is 0 Å². The first-order valence-corrected chi connectivity index (χ1v) is 6.68. The molecule has 2 rings (SSSR count). The molecule has 0 spiro atoms. The molecule has 0 saturated carbocycles. The summed E-state index contributed by atoms with van der Waals surface area (Å²) in [6.07, 6.45) is 1.52. The van der Waals surface area contributed by atoms with E-state index in [2.05, 4.69) is 36.5 Å². The molecular weight excluding hydrogens is 308 g/mol. The lowest BCUT2D eigenvalue weighted by molar-refractivity contribution is 0.415. The van der Waals surface area contributed by atoms with Gasteiger partial charge in [-0.15, -0.1) is 0 Å². The summed E-state index contributed by atoms with van der Waals surface area (Å²) in [7, 11) is 1.64. The minimum atomic E-state index is 0.728. The average Bonchev–Trinajstić information content (AvgIpc) is 2.39. The van der Waals surface area contributed by atoms with Crippen molar-refractivity contribution in [1.29, 1.82) is 0 Å². The number of halogens is 1. The van der Waals surface area contributed by atoms with E-state index in [0.717, 1.165) is 34.1 Å². The predicted molar refractivity (Wildman–Crippen MR) is 80.2 cm³/mol. The summed E-state index contributed by atoms with van der Waals surface area (Å²) >= 11 is 3.44. The zero-order valence-electron chi connectivity index (χ0n) is 10.8. The smallest absolute Gasteiger partial charge is 0.135 e. The molecule has 5 nitrogen and oxygen atoms in total. The molecule has 0 aliphatic carbocycles. The number of hydrogen-bond donors (Lipinski definition) is 2. The average molecular weight is 323 g/mol. The fourth-order valence-corrected chi connectivity index (χ4v) is 2.08. The first kappa shape index (κ1) is 13.6. The summed E-state index contributed by atoms with van der Waals surface area (Å²) in [5.74, 6) is 2.30. The Labute approximate surface area is 120 Å². The van der Waals surface area contributed by atoms with Crippen LogP contribution in [0.3, 0.4) is 0 Å².